The van der Waals surface area contributed by atoms with Crippen LogP contribution in [0.5, 0.6) is 0 Å². The smallest absolute Gasteiger partial charge is 0.176 e. The molecule has 1 aliphatic carbocycles. The number of carbonyl (C=O) groups is 3. The molecule has 0 spiro atoms. The summed E-state index contributed by atoms with van der Waals surface area (Å²) in [6, 6.07) is 7.44. The van der Waals surface area contributed by atoms with Crippen LogP contribution in [0.2, 0.25) is 0 Å². The molecule has 1 atom stereocenters. The topological polar surface area (TPSA) is 51.2 Å². The van der Waals surface area contributed by atoms with Gasteiger partial charge >= 0.3 is 0 Å². The van der Waals surface area contributed by atoms with Crippen molar-refractivity contribution in [2.45, 2.75) is 39.5 Å². The molecule has 1 aromatic rings. The lowest BCUT2D eigenvalue weighted by Crippen LogP contribution is -2.42. The Morgan fingerprint density at radius 2 is 1.89 bits per heavy atom. The number of benzene rings is 1. The van der Waals surface area contributed by atoms with Crippen molar-refractivity contribution in [3.05, 3.63) is 35.4 Å². The maximum absolute atomic E-state index is 12.7. The molecule has 0 saturated carbocycles. The van der Waals surface area contributed by atoms with Crippen LogP contribution >= 0.6 is 0 Å². The summed E-state index contributed by atoms with van der Waals surface area (Å²) in [7, 11) is 0. The van der Waals surface area contributed by atoms with E-state index >= 15 is 0 Å². The molecule has 0 saturated heterocycles. The molecule has 1 aliphatic rings. The van der Waals surface area contributed by atoms with E-state index in [2.05, 4.69) is 0 Å². The van der Waals surface area contributed by atoms with Crippen molar-refractivity contribution < 1.29 is 14.4 Å². The summed E-state index contributed by atoms with van der Waals surface area (Å²) in [5.74, 6) is -0.205. The van der Waals surface area contributed by atoms with Gasteiger partial charge in [-0.2, -0.15) is 0 Å². The second kappa shape index (κ2) is 5.08. The number of ketones is 3. The van der Waals surface area contributed by atoms with Gasteiger partial charge in [0.2, 0.25) is 0 Å². The van der Waals surface area contributed by atoms with E-state index < -0.39 is 5.41 Å². The first-order valence-electron chi connectivity index (χ1n) is 6.60. The number of rotatable bonds is 4. The molecule has 100 valence electrons. The fourth-order valence-corrected chi connectivity index (χ4v) is 2.82. The molecule has 3 nitrogen and oxygen atoms in total. The Bertz CT molecular complexity index is 545. The van der Waals surface area contributed by atoms with Crippen molar-refractivity contribution in [1.29, 1.82) is 0 Å². The average molecular weight is 258 g/mol. The van der Waals surface area contributed by atoms with Crippen LogP contribution in [0, 0.1) is 5.41 Å². The molecule has 0 aromatic heterocycles. The third-order valence-electron chi connectivity index (χ3n) is 4.10. The number of hydrogen-bond donors (Lipinski definition) is 0. The number of aryl methyl sites for hydroxylation is 1. The van der Waals surface area contributed by atoms with Crippen LogP contribution in [0.25, 0.3) is 0 Å². The molecule has 0 N–H and O–H groups in total. The van der Waals surface area contributed by atoms with E-state index in [4.69, 9.17) is 0 Å². The molecular formula is C16H18O3. The van der Waals surface area contributed by atoms with E-state index in [0.717, 1.165) is 12.0 Å². The Kier molecular flexibility index (Phi) is 3.65. The molecule has 2 rings (SSSR count). The molecule has 0 fully saturated rings. The minimum absolute atomic E-state index is 0.0206. The Hall–Kier alpha value is -1.77. The van der Waals surface area contributed by atoms with Crippen molar-refractivity contribution in [1.82, 2.24) is 0 Å². The van der Waals surface area contributed by atoms with Crippen LogP contribution in [0.4, 0.5) is 0 Å². The quantitative estimate of drug-likeness (QED) is 0.780. The lowest BCUT2D eigenvalue weighted by Gasteiger charge is -2.34. The normalized spacial score (nSPS) is 21.9. The zero-order valence-electron chi connectivity index (χ0n) is 11.4. The van der Waals surface area contributed by atoms with Gasteiger partial charge in [-0.25, -0.2) is 0 Å². The SMILES string of the molecule is CC(=O)CCC1(C(C)=O)CCc2ccccc2C1=O. The zero-order chi connectivity index (χ0) is 14.0. The Labute approximate surface area is 113 Å². The molecule has 0 bridgehead atoms. The molecule has 0 heterocycles. The first-order chi connectivity index (χ1) is 8.97. The third-order valence-corrected chi connectivity index (χ3v) is 4.10. The highest BCUT2D eigenvalue weighted by atomic mass is 16.2. The van der Waals surface area contributed by atoms with Crippen LogP contribution < -0.4 is 0 Å². The molecule has 1 unspecified atom stereocenters. The van der Waals surface area contributed by atoms with Crippen molar-refractivity contribution in [3.8, 4) is 0 Å². The van der Waals surface area contributed by atoms with Gasteiger partial charge < -0.3 is 4.79 Å². The van der Waals surface area contributed by atoms with Gasteiger partial charge in [-0.05, 0) is 38.7 Å². The summed E-state index contributed by atoms with van der Waals surface area (Å²) in [6.07, 6.45) is 1.86. The summed E-state index contributed by atoms with van der Waals surface area (Å²) in [5, 5.41) is 0. The summed E-state index contributed by atoms with van der Waals surface area (Å²) in [5.41, 5.74) is 0.666. The molecule has 0 amide bonds. The number of carbonyl (C=O) groups excluding carboxylic acids is 3. The fraction of sp³-hybridized carbons (Fsp3) is 0.438. The van der Waals surface area contributed by atoms with E-state index in [0.29, 0.717) is 18.4 Å². The van der Waals surface area contributed by atoms with Crippen LogP contribution in [0.1, 0.15) is 49.0 Å². The Balaban J connectivity index is 2.39. The predicted octanol–water partition coefficient (Wildman–Crippen LogP) is 2.76. The van der Waals surface area contributed by atoms with E-state index in [1.54, 1.807) is 6.07 Å². The highest BCUT2D eigenvalue weighted by Crippen LogP contribution is 2.40. The van der Waals surface area contributed by atoms with E-state index in [-0.39, 0.29) is 23.8 Å². The summed E-state index contributed by atoms with van der Waals surface area (Å²) >= 11 is 0. The largest absolute Gasteiger partial charge is 0.300 e. The van der Waals surface area contributed by atoms with Crippen LogP contribution in [0.3, 0.4) is 0 Å². The van der Waals surface area contributed by atoms with Gasteiger partial charge in [-0.15, -0.1) is 0 Å². The molecule has 0 radical (unpaired) electrons. The van der Waals surface area contributed by atoms with Crippen molar-refractivity contribution in [2.24, 2.45) is 5.41 Å². The molecular weight excluding hydrogens is 240 g/mol. The van der Waals surface area contributed by atoms with Crippen molar-refractivity contribution in [3.63, 3.8) is 0 Å². The molecule has 1 aromatic carbocycles. The minimum Gasteiger partial charge on any atom is -0.300 e. The first-order valence-corrected chi connectivity index (χ1v) is 6.60. The standard InChI is InChI=1S/C16H18O3/c1-11(17)7-9-16(12(2)18)10-8-13-5-3-4-6-14(13)15(16)19/h3-6H,7-10H2,1-2H3. The zero-order valence-corrected chi connectivity index (χ0v) is 11.4. The van der Waals surface area contributed by atoms with Crippen LogP contribution in [0.15, 0.2) is 24.3 Å². The van der Waals surface area contributed by atoms with Gasteiger partial charge in [-0.3, -0.25) is 9.59 Å². The van der Waals surface area contributed by atoms with Crippen LogP contribution in [-0.4, -0.2) is 17.3 Å². The number of Topliss-reactive ketones (excluding diaryl/α,β-unsaturated/α-hetero) is 3. The van der Waals surface area contributed by atoms with E-state index in [1.807, 2.05) is 18.2 Å². The fourth-order valence-electron chi connectivity index (χ4n) is 2.82. The maximum Gasteiger partial charge on any atom is 0.176 e. The van der Waals surface area contributed by atoms with Crippen molar-refractivity contribution >= 4 is 17.3 Å². The highest BCUT2D eigenvalue weighted by Gasteiger charge is 2.45. The van der Waals surface area contributed by atoms with Gasteiger partial charge in [0.1, 0.15) is 11.6 Å². The highest BCUT2D eigenvalue weighted by molar-refractivity contribution is 6.15. The molecule has 0 aliphatic heterocycles. The second-order valence-electron chi connectivity index (χ2n) is 5.33. The van der Waals surface area contributed by atoms with E-state index in [9.17, 15) is 14.4 Å². The second-order valence-corrected chi connectivity index (χ2v) is 5.33. The first kappa shape index (κ1) is 13.7. The lowest BCUT2D eigenvalue weighted by atomic mass is 9.65. The third kappa shape index (κ3) is 2.37. The Morgan fingerprint density at radius 1 is 1.21 bits per heavy atom. The number of fused-ring (bicyclic) bond motifs is 1. The molecule has 3 heteroatoms. The monoisotopic (exact) mass is 258 g/mol. The Morgan fingerprint density at radius 3 is 2.53 bits per heavy atom. The molecule has 19 heavy (non-hydrogen) atoms. The average Bonchev–Trinajstić information content (AvgIpc) is 2.38. The summed E-state index contributed by atoms with van der Waals surface area (Å²) in [4.78, 5) is 35.9. The van der Waals surface area contributed by atoms with Gasteiger partial charge in [0.25, 0.3) is 0 Å². The van der Waals surface area contributed by atoms with Crippen LogP contribution in [-0.2, 0) is 16.0 Å². The van der Waals surface area contributed by atoms with E-state index in [1.165, 1.54) is 13.8 Å². The lowest BCUT2D eigenvalue weighted by molar-refractivity contribution is -0.125. The summed E-state index contributed by atoms with van der Waals surface area (Å²) < 4.78 is 0. The van der Waals surface area contributed by atoms with Gasteiger partial charge in [-0.1, -0.05) is 24.3 Å². The number of hydrogen-bond acceptors (Lipinski definition) is 3. The predicted molar refractivity (Wildman–Crippen MR) is 72.1 cm³/mol. The maximum atomic E-state index is 12.7. The minimum atomic E-state index is -0.986. The summed E-state index contributed by atoms with van der Waals surface area (Å²) in [6.45, 7) is 2.96. The van der Waals surface area contributed by atoms with Gasteiger partial charge in [0.15, 0.2) is 5.78 Å². The van der Waals surface area contributed by atoms with Crippen molar-refractivity contribution in [2.75, 3.05) is 0 Å². The van der Waals surface area contributed by atoms with Gasteiger partial charge in [0, 0.05) is 12.0 Å². The van der Waals surface area contributed by atoms with Gasteiger partial charge in [0.05, 0.1) is 5.41 Å².